The maximum atomic E-state index is 13.3. The van der Waals surface area contributed by atoms with Crippen molar-refractivity contribution in [2.24, 2.45) is 0 Å². The second-order valence-corrected chi connectivity index (χ2v) is 10.6. The number of benzene rings is 3. The van der Waals surface area contributed by atoms with Crippen molar-refractivity contribution in [3.8, 4) is 5.75 Å². The van der Waals surface area contributed by atoms with E-state index < -0.39 is 6.04 Å². The Balaban J connectivity index is 1.61. The zero-order valence-corrected chi connectivity index (χ0v) is 24.1. The number of hydrogen-bond acceptors (Lipinski definition) is 4. The molecule has 0 heterocycles. The van der Waals surface area contributed by atoms with Crippen LogP contribution < -0.4 is 10.1 Å². The zero-order chi connectivity index (χ0) is 28.8. The van der Waals surface area contributed by atoms with Crippen molar-refractivity contribution < 1.29 is 23.6 Å². The van der Waals surface area contributed by atoms with Crippen LogP contribution in [0.1, 0.15) is 61.0 Å². The lowest BCUT2D eigenvalue weighted by atomic mass is 9.98. The molecule has 212 valence electrons. The zero-order valence-electron chi connectivity index (χ0n) is 24.1. The fraction of sp³-hybridized carbons (Fsp3) is 0.382. The maximum Gasteiger partial charge on any atom is 0.221 e. The van der Waals surface area contributed by atoms with E-state index in [2.05, 4.69) is 26.2 Å². The standard InChI is InChI=1S/C34H42N2O4/c1-4-36(3,5-2)24-12-17-33(38)31(35-34(39)23-22-32(37)29-15-10-7-11-16-29)25-27-18-20-30(21-19-27)40-26-28-13-8-6-9-14-28/h6-11,13-16,18-21,31H,4-5,12,17,22-26H2,1-3H3/p+1. The summed E-state index contributed by atoms with van der Waals surface area (Å²) in [5, 5.41) is 2.93. The molecule has 0 aliphatic rings. The normalized spacial score (nSPS) is 12.0. The minimum atomic E-state index is -0.641. The van der Waals surface area contributed by atoms with Gasteiger partial charge in [-0.2, -0.15) is 0 Å². The predicted molar refractivity (Wildman–Crippen MR) is 159 cm³/mol. The maximum absolute atomic E-state index is 13.3. The van der Waals surface area contributed by atoms with Crippen molar-refractivity contribution in [1.29, 1.82) is 0 Å². The summed E-state index contributed by atoms with van der Waals surface area (Å²) in [6.07, 6.45) is 1.71. The molecule has 0 radical (unpaired) electrons. The summed E-state index contributed by atoms with van der Waals surface area (Å²) in [4.78, 5) is 38.6. The number of quaternary nitrogens is 1. The number of rotatable bonds is 17. The second kappa shape index (κ2) is 15.7. The van der Waals surface area contributed by atoms with Crippen LogP contribution in [0.2, 0.25) is 0 Å². The Kier molecular flexibility index (Phi) is 12.1. The van der Waals surface area contributed by atoms with Gasteiger partial charge < -0.3 is 14.5 Å². The molecule has 6 nitrogen and oxygen atoms in total. The summed E-state index contributed by atoms with van der Waals surface area (Å²) in [5.74, 6) is 0.398. The van der Waals surface area contributed by atoms with Crippen LogP contribution in [0.4, 0.5) is 0 Å². The van der Waals surface area contributed by atoms with E-state index in [9.17, 15) is 14.4 Å². The summed E-state index contributed by atoms with van der Waals surface area (Å²) in [5.41, 5.74) is 2.62. The van der Waals surface area contributed by atoms with Crippen LogP contribution >= 0.6 is 0 Å². The highest BCUT2D eigenvalue weighted by Gasteiger charge is 2.23. The predicted octanol–water partition coefficient (Wildman–Crippen LogP) is 5.79. The van der Waals surface area contributed by atoms with Gasteiger partial charge in [0, 0.05) is 31.2 Å². The molecule has 3 aromatic rings. The number of Topliss-reactive ketones (excluding diaryl/α,β-unsaturated/α-hetero) is 2. The van der Waals surface area contributed by atoms with Crippen LogP contribution in [0.25, 0.3) is 0 Å². The number of nitrogens with zero attached hydrogens (tertiary/aromatic N) is 1. The number of nitrogens with one attached hydrogen (secondary N) is 1. The van der Waals surface area contributed by atoms with E-state index in [0.29, 0.717) is 25.0 Å². The number of amides is 1. The van der Waals surface area contributed by atoms with Gasteiger partial charge >= 0.3 is 0 Å². The van der Waals surface area contributed by atoms with Crippen LogP contribution in [-0.2, 0) is 22.6 Å². The topological polar surface area (TPSA) is 72.5 Å². The van der Waals surface area contributed by atoms with Crippen molar-refractivity contribution >= 4 is 17.5 Å². The highest BCUT2D eigenvalue weighted by molar-refractivity contribution is 5.98. The van der Waals surface area contributed by atoms with Gasteiger partial charge in [0.2, 0.25) is 5.91 Å². The van der Waals surface area contributed by atoms with E-state index in [1.165, 1.54) is 0 Å². The molecule has 0 saturated carbocycles. The van der Waals surface area contributed by atoms with Crippen LogP contribution in [0, 0.1) is 0 Å². The first-order chi connectivity index (χ1) is 19.3. The Hall–Kier alpha value is -3.77. The molecule has 0 spiro atoms. The summed E-state index contributed by atoms with van der Waals surface area (Å²) >= 11 is 0. The fourth-order valence-electron chi connectivity index (χ4n) is 4.55. The lowest BCUT2D eigenvalue weighted by Gasteiger charge is -2.32. The molecule has 40 heavy (non-hydrogen) atoms. The van der Waals surface area contributed by atoms with Crippen molar-refractivity contribution in [3.63, 3.8) is 0 Å². The molecule has 3 rings (SSSR count). The molecule has 0 fully saturated rings. The van der Waals surface area contributed by atoms with Crippen LogP contribution in [0.15, 0.2) is 84.9 Å². The first kappa shape index (κ1) is 30.8. The van der Waals surface area contributed by atoms with Crippen molar-refractivity contribution in [2.75, 3.05) is 26.7 Å². The molecule has 1 unspecified atom stereocenters. The van der Waals surface area contributed by atoms with Gasteiger partial charge in [0.05, 0.1) is 32.7 Å². The van der Waals surface area contributed by atoms with E-state index in [0.717, 1.165) is 47.4 Å². The van der Waals surface area contributed by atoms with Gasteiger partial charge in [0.25, 0.3) is 0 Å². The van der Waals surface area contributed by atoms with E-state index >= 15 is 0 Å². The molecule has 0 aliphatic heterocycles. The molecule has 3 aromatic carbocycles. The van der Waals surface area contributed by atoms with Crippen molar-refractivity contribution in [2.45, 2.75) is 58.6 Å². The van der Waals surface area contributed by atoms with Gasteiger partial charge in [0.15, 0.2) is 11.6 Å². The lowest BCUT2D eigenvalue weighted by Crippen LogP contribution is -2.45. The fourth-order valence-corrected chi connectivity index (χ4v) is 4.55. The summed E-state index contributed by atoms with van der Waals surface area (Å²) < 4.78 is 6.80. The minimum Gasteiger partial charge on any atom is -0.489 e. The van der Waals surface area contributed by atoms with Gasteiger partial charge in [-0.25, -0.2) is 0 Å². The Morgan fingerprint density at radius 2 is 1.40 bits per heavy atom. The molecule has 6 heteroatoms. The SMILES string of the molecule is CC[N+](C)(CC)CCCC(=O)C(Cc1ccc(OCc2ccccc2)cc1)NC(=O)CCC(=O)c1ccccc1. The molecule has 0 saturated heterocycles. The molecular weight excluding hydrogens is 500 g/mol. The molecule has 1 amide bonds. The minimum absolute atomic E-state index is 0.0193. The number of ketones is 2. The highest BCUT2D eigenvalue weighted by Crippen LogP contribution is 2.17. The van der Waals surface area contributed by atoms with Gasteiger partial charge in [-0.15, -0.1) is 0 Å². The summed E-state index contributed by atoms with van der Waals surface area (Å²) in [6.45, 7) is 7.75. The summed E-state index contributed by atoms with van der Waals surface area (Å²) in [6, 6.07) is 26.0. The third kappa shape index (κ3) is 10.1. The largest absolute Gasteiger partial charge is 0.489 e. The number of carbonyl (C=O) groups excluding carboxylic acids is 3. The third-order valence-electron chi connectivity index (χ3n) is 7.66. The van der Waals surface area contributed by atoms with Gasteiger partial charge in [-0.1, -0.05) is 72.8 Å². The molecule has 0 aliphatic carbocycles. The molecule has 0 bridgehead atoms. The number of carbonyl (C=O) groups is 3. The molecular formula is C34H43N2O4+. The van der Waals surface area contributed by atoms with E-state index in [1.807, 2.05) is 60.7 Å². The van der Waals surface area contributed by atoms with Crippen LogP contribution in [0.3, 0.4) is 0 Å². The van der Waals surface area contributed by atoms with E-state index in [4.69, 9.17) is 4.74 Å². The van der Waals surface area contributed by atoms with Crippen molar-refractivity contribution in [1.82, 2.24) is 5.32 Å². The third-order valence-corrected chi connectivity index (χ3v) is 7.66. The Labute approximate surface area is 239 Å². The first-order valence-electron chi connectivity index (χ1n) is 14.3. The first-order valence-corrected chi connectivity index (χ1v) is 14.3. The molecule has 0 aromatic heterocycles. The number of hydrogen-bond donors (Lipinski definition) is 1. The highest BCUT2D eigenvalue weighted by atomic mass is 16.5. The molecule has 1 N–H and O–H groups in total. The smallest absolute Gasteiger partial charge is 0.221 e. The Morgan fingerprint density at radius 3 is 2.02 bits per heavy atom. The monoisotopic (exact) mass is 543 g/mol. The van der Waals surface area contributed by atoms with Crippen molar-refractivity contribution in [3.05, 3.63) is 102 Å². The van der Waals surface area contributed by atoms with Crippen LogP contribution in [0.5, 0.6) is 5.75 Å². The van der Waals surface area contributed by atoms with Crippen LogP contribution in [-0.4, -0.2) is 54.7 Å². The van der Waals surface area contributed by atoms with Gasteiger partial charge in [0.1, 0.15) is 12.4 Å². The Morgan fingerprint density at radius 1 is 0.775 bits per heavy atom. The second-order valence-electron chi connectivity index (χ2n) is 10.6. The van der Waals surface area contributed by atoms with E-state index in [-0.39, 0.29) is 30.3 Å². The quantitative estimate of drug-likeness (QED) is 0.173. The van der Waals surface area contributed by atoms with Gasteiger partial charge in [-0.05, 0) is 43.5 Å². The number of ether oxygens (including phenoxy) is 1. The Bertz CT molecular complexity index is 1210. The lowest BCUT2D eigenvalue weighted by molar-refractivity contribution is -0.906. The average molecular weight is 544 g/mol. The molecule has 1 atom stereocenters. The average Bonchev–Trinajstić information content (AvgIpc) is 3.00. The van der Waals surface area contributed by atoms with E-state index in [1.54, 1.807) is 24.3 Å². The van der Waals surface area contributed by atoms with Gasteiger partial charge in [-0.3, -0.25) is 14.4 Å². The summed E-state index contributed by atoms with van der Waals surface area (Å²) in [7, 11) is 2.20.